The lowest BCUT2D eigenvalue weighted by atomic mass is 10.2. The van der Waals surface area contributed by atoms with Crippen molar-refractivity contribution < 1.29 is 4.92 Å². The molecule has 0 aliphatic carbocycles. The summed E-state index contributed by atoms with van der Waals surface area (Å²) < 4.78 is 1.56. The first-order chi connectivity index (χ1) is 11.4. The van der Waals surface area contributed by atoms with Crippen LogP contribution in [0.4, 0.5) is 17.3 Å². The Morgan fingerprint density at radius 1 is 1.62 bits per heavy atom. The number of hydrogen-bond donors (Lipinski definition) is 1. The zero-order chi connectivity index (χ0) is 17.6. The summed E-state index contributed by atoms with van der Waals surface area (Å²) in [5.74, 6) is 1.39. The van der Waals surface area contributed by atoms with E-state index in [2.05, 4.69) is 28.8 Å². The van der Waals surface area contributed by atoms with Crippen molar-refractivity contribution in [1.82, 2.24) is 14.6 Å². The highest BCUT2D eigenvalue weighted by atomic mass is 32.1. The van der Waals surface area contributed by atoms with Crippen LogP contribution in [-0.4, -0.2) is 44.3 Å². The lowest BCUT2D eigenvalue weighted by Gasteiger charge is -2.27. The number of anilines is 2. The Hall–Kier alpha value is -2.49. The zero-order valence-electron chi connectivity index (χ0n) is 13.8. The number of thiocarbonyl (C=S) groups is 1. The topological polar surface area (TPSA) is 106 Å². The Kier molecular flexibility index (Phi) is 3.99. The van der Waals surface area contributed by atoms with Crippen molar-refractivity contribution in [3.05, 3.63) is 21.9 Å². The summed E-state index contributed by atoms with van der Waals surface area (Å²) in [5, 5.41) is 15.7. The van der Waals surface area contributed by atoms with Gasteiger partial charge in [-0.25, -0.2) is 4.98 Å². The molecular weight excluding hydrogens is 330 g/mol. The summed E-state index contributed by atoms with van der Waals surface area (Å²) in [4.78, 5) is 19.1. The molecule has 2 N–H and O–H groups in total. The van der Waals surface area contributed by atoms with Crippen LogP contribution in [0.5, 0.6) is 0 Å². The lowest BCUT2D eigenvalue weighted by Crippen LogP contribution is -2.34. The number of nitrogens with two attached hydrogens (primary N) is 1. The van der Waals surface area contributed by atoms with Gasteiger partial charge < -0.3 is 15.5 Å². The number of aromatic nitrogens is 3. The van der Waals surface area contributed by atoms with E-state index in [1.807, 2.05) is 0 Å². The fraction of sp³-hybridized carbons (Fsp3) is 0.500. The molecule has 3 heterocycles. The molecule has 9 nitrogen and oxygen atoms in total. The van der Waals surface area contributed by atoms with Gasteiger partial charge in [0.2, 0.25) is 5.65 Å². The first-order valence-corrected chi connectivity index (χ1v) is 8.12. The van der Waals surface area contributed by atoms with E-state index in [-0.39, 0.29) is 22.5 Å². The molecule has 10 heteroatoms. The SMILES string of the molecule is CCC(C)N1CCc2c(N(C)C(N)=S)nc3c([N+](=O)[O-])cnn3c21. The van der Waals surface area contributed by atoms with E-state index in [1.165, 1.54) is 6.20 Å². The molecule has 24 heavy (non-hydrogen) atoms. The minimum Gasteiger partial charge on any atom is -0.376 e. The molecular formula is C14H19N7O2S. The smallest absolute Gasteiger partial charge is 0.333 e. The third kappa shape index (κ3) is 2.33. The second-order valence-electron chi connectivity index (χ2n) is 5.86. The van der Waals surface area contributed by atoms with Crippen LogP contribution in [0, 0.1) is 10.1 Å². The number of fused-ring (bicyclic) bond motifs is 3. The van der Waals surface area contributed by atoms with Gasteiger partial charge >= 0.3 is 5.69 Å². The van der Waals surface area contributed by atoms with E-state index in [0.717, 1.165) is 30.8 Å². The number of hydrogen-bond acceptors (Lipinski definition) is 6. The molecule has 0 radical (unpaired) electrons. The fourth-order valence-corrected chi connectivity index (χ4v) is 3.09. The third-order valence-electron chi connectivity index (χ3n) is 4.52. The Bertz CT molecular complexity index is 834. The molecule has 1 unspecified atom stereocenters. The largest absolute Gasteiger partial charge is 0.376 e. The van der Waals surface area contributed by atoms with E-state index >= 15 is 0 Å². The van der Waals surface area contributed by atoms with Gasteiger partial charge in [0.25, 0.3) is 0 Å². The first kappa shape index (κ1) is 16.4. The predicted molar refractivity (Wildman–Crippen MR) is 95.6 cm³/mol. The predicted octanol–water partition coefficient (Wildman–Crippen LogP) is 1.48. The van der Waals surface area contributed by atoms with Crippen LogP contribution in [0.25, 0.3) is 5.65 Å². The van der Waals surface area contributed by atoms with Crippen LogP contribution in [0.1, 0.15) is 25.8 Å². The molecule has 1 aliphatic heterocycles. The quantitative estimate of drug-likeness (QED) is 0.502. The Balaban J connectivity index is 2.32. The van der Waals surface area contributed by atoms with Gasteiger partial charge in [-0.05, 0) is 32.0 Å². The van der Waals surface area contributed by atoms with E-state index in [4.69, 9.17) is 18.0 Å². The van der Waals surface area contributed by atoms with Crippen molar-refractivity contribution in [2.24, 2.45) is 5.73 Å². The molecule has 3 rings (SSSR count). The van der Waals surface area contributed by atoms with Crippen molar-refractivity contribution in [3.63, 3.8) is 0 Å². The molecule has 1 atom stereocenters. The fourth-order valence-electron chi connectivity index (χ4n) is 3.01. The number of nitro groups is 1. The second-order valence-corrected chi connectivity index (χ2v) is 6.28. The number of nitrogens with zero attached hydrogens (tertiary/aromatic N) is 6. The van der Waals surface area contributed by atoms with Gasteiger partial charge in [-0.15, -0.1) is 0 Å². The van der Waals surface area contributed by atoms with Crippen LogP contribution < -0.4 is 15.5 Å². The molecule has 2 aromatic rings. The van der Waals surface area contributed by atoms with Gasteiger partial charge in [0.1, 0.15) is 17.8 Å². The van der Waals surface area contributed by atoms with Gasteiger partial charge in [-0.2, -0.15) is 9.61 Å². The minimum atomic E-state index is -0.477. The van der Waals surface area contributed by atoms with Crippen molar-refractivity contribution in [2.45, 2.75) is 32.7 Å². The minimum absolute atomic E-state index is 0.133. The summed E-state index contributed by atoms with van der Waals surface area (Å²) in [6, 6.07) is 0.281. The third-order valence-corrected chi connectivity index (χ3v) is 4.79. The van der Waals surface area contributed by atoms with Gasteiger partial charge in [-0.3, -0.25) is 10.1 Å². The van der Waals surface area contributed by atoms with Crippen molar-refractivity contribution in [3.8, 4) is 0 Å². The molecule has 0 fully saturated rings. The molecule has 0 bridgehead atoms. The molecule has 0 amide bonds. The molecule has 0 spiro atoms. The molecule has 2 aromatic heterocycles. The van der Waals surface area contributed by atoms with E-state index < -0.39 is 4.92 Å². The van der Waals surface area contributed by atoms with Crippen LogP contribution in [0.15, 0.2) is 6.20 Å². The van der Waals surface area contributed by atoms with Gasteiger partial charge in [0.15, 0.2) is 5.11 Å². The molecule has 1 aliphatic rings. The van der Waals surface area contributed by atoms with E-state index in [9.17, 15) is 10.1 Å². The monoisotopic (exact) mass is 349 g/mol. The highest BCUT2D eigenvalue weighted by Crippen LogP contribution is 2.38. The lowest BCUT2D eigenvalue weighted by molar-refractivity contribution is -0.383. The average molecular weight is 349 g/mol. The summed E-state index contributed by atoms with van der Waals surface area (Å²) in [7, 11) is 1.72. The maximum Gasteiger partial charge on any atom is 0.333 e. The number of rotatable bonds is 4. The van der Waals surface area contributed by atoms with Crippen LogP contribution >= 0.6 is 12.2 Å². The second kappa shape index (κ2) is 5.86. The van der Waals surface area contributed by atoms with Crippen LogP contribution in [0.2, 0.25) is 0 Å². The van der Waals surface area contributed by atoms with Crippen molar-refractivity contribution in [2.75, 3.05) is 23.4 Å². The highest BCUT2D eigenvalue weighted by Gasteiger charge is 2.33. The van der Waals surface area contributed by atoms with Crippen molar-refractivity contribution in [1.29, 1.82) is 0 Å². The summed E-state index contributed by atoms with van der Waals surface area (Å²) in [5.41, 5.74) is 6.77. The summed E-state index contributed by atoms with van der Waals surface area (Å²) >= 11 is 5.06. The summed E-state index contributed by atoms with van der Waals surface area (Å²) in [6.07, 6.45) is 2.95. The Labute approximate surface area is 144 Å². The molecule has 0 aromatic carbocycles. The Morgan fingerprint density at radius 3 is 2.92 bits per heavy atom. The van der Waals surface area contributed by atoms with Crippen LogP contribution in [0.3, 0.4) is 0 Å². The van der Waals surface area contributed by atoms with E-state index in [1.54, 1.807) is 16.5 Å². The average Bonchev–Trinajstić information content (AvgIpc) is 3.15. The highest BCUT2D eigenvalue weighted by molar-refractivity contribution is 7.80. The maximum absolute atomic E-state index is 11.3. The first-order valence-electron chi connectivity index (χ1n) is 7.71. The van der Waals surface area contributed by atoms with Gasteiger partial charge in [-0.1, -0.05) is 6.92 Å². The van der Waals surface area contributed by atoms with Gasteiger partial charge in [0, 0.05) is 25.2 Å². The van der Waals surface area contributed by atoms with E-state index in [0.29, 0.717) is 5.82 Å². The maximum atomic E-state index is 11.3. The van der Waals surface area contributed by atoms with Crippen LogP contribution in [-0.2, 0) is 6.42 Å². The zero-order valence-corrected chi connectivity index (χ0v) is 14.6. The van der Waals surface area contributed by atoms with Crippen molar-refractivity contribution >= 4 is 40.3 Å². The van der Waals surface area contributed by atoms with Gasteiger partial charge in [0.05, 0.1) is 4.92 Å². The molecule has 128 valence electrons. The Morgan fingerprint density at radius 2 is 2.33 bits per heavy atom. The standard InChI is InChI=1S/C14H19N7O2S/c1-4-8(2)19-6-5-9-11(18(3)14(15)24)17-12-10(21(22)23)7-16-20(12)13(9)19/h7-8H,4-6H2,1-3H3,(H2,15,24). The molecule has 0 saturated carbocycles. The normalized spacial score (nSPS) is 14.7. The molecule has 0 saturated heterocycles. The summed E-state index contributed by atoms with van der Waals surface area (Å²) in [6.45, 7) is 5.03.